The van der Waals surface area contributed by atoms with Crippen LogP contribution in [0.3, 0.4) is 0 Å². The third-order valence-corrected chi connectivity index (χ3v) is 4.47. The van der Waals surface area contributed by atoms with Crippen molar-refractivity contribution in [2.75, 3.05) is 13.2 Å². The smallest absolute Gasteiger partial charge is 0.0644 e. The molecule has 0 atom stereocenters. The molecule has 0 spiro atoms. The van der Waals surface area contributed by atoms with E-state index in [1.807, 2.05) is 36.7 Å². The largest absolute Gasteiger partial charge is 0.394 e. The fourth-order valence-corrected chi connectivity index (χ4v) is 3.09. The molecule has 0 aliphatic carbocycles. The van der Waals surface area contributed by atoms with Gasteiger partial charge in [0.25, 0.3) is 0 Å². The molecular formula is C16H21Cl2N3O. The Morgan fingerprint density at radius 1 is 1.18 bits per heavy atom. The van der Waals surface area contributed by atoms with Crippen LogP contribution in [-0.4, -0.2) is 28.0 Å². The van der Waals surface area contributed by atoms with Crippen molar-refractivity contribution >= 4 is 23.2 Å². The third-order valence-electron chi connectivity index (χ3n) is 3.76. The molecule has 2 aromatic rings. The summed E-state index contributed by atoms with van der Waals surface area (Å²) in [4.78, 5) is 0. The summed E-state index contributed by atoms with van der Waals surface area (Å²) in [5, 5.41) is 18.3. The summed E-state index contributed by atoms with van der Waals surface area (Å²) in [6, 6.07) is 5.57. The van der Waals surface area contributed by atoms with E-state index in [9.17, 15) is 0 Å². The van der Waals surface area contributed by atoms with Gasteiger partial charge in [0, 0.05) is 27.8 Å². The lowest BCUT2D eigenvalue weighted by molar-refractivity contribution is 0.267. The molecule has 0 amide bonds. The first-order valence-electron chi connectivity index (χ1n) is 7.32. The maximum absolute atomic E-state index is 9.03. The lowest BCUT2D eigenvalue weighted by atomic mass is 10.1. The highest BCUT2D eigenvalue weighted by molar-refractivity contribution is 6.35. The van der Waals surface area contributed by atoms with Gasteiger partial charge in [-0.2, -0.15) is 5.10 Å². The molecule has 2 N–H and O–H groups in total. The fraction of sp³-hybridized carbons (Fsp3) is 0.438. The van der Waals surface area contributed by atoms with E-state index in [0.717, 1.165) is 36.5 Å². The Morgan fingerprint density at radius 3 is 2.50 bits per heavy atom. The summed E-state index contributed by atoms with van der Waals surface area (Å²) >= 11 is 12.3. The van der Waals surface area contributed by atoms with Gasteiger partial charge in [-0.15, -0.1) is 0 Å². The second-order valence-corrected chi connectivity index (χ2v) is 6.04. The van der Waals surface area contributed by atoms with Crippen LogP contribution in [0.1, 0.15) is 22.5 Å². The molecule has 6 heteroatoms. The second-order valence-electron chi connectivity index (χ2n) is 5.22. The molecule has 22 heavy (non-hydrogen) atoms. The van der Waals surface area contributed by atoms with Gasteiger partial charge in [0.05, 0.1) is 18.8 Å². The Hall–Kier alpha value is -1.07. The summed E-state index contributed by atoms with van der Waals surface area (Å²) in [5.74, 6) is 0. The lowest BCUT2D eigenvalue weighted by Gasteiger charge is -2.09. The van der Waals surface area contributed by atoms with E-state index in [2.05, 4.69) is 10.4 Å². The van der Waals surface area contributed by atoms with Crippen molar-refractivity contribution < 1.29 is 5.11 Å². The zero-order chi connectivity index (χ0) is 16.1. The van der Waals surface area contributed by atoms with Gasteiger partial charge < -0.3 is 10.4 Å². The second kappa shape index (κ2) is 7.97. The van der Waals surface area contributed by atoms with Gasteiger partial charge in [-0.25, -0.2) is 0 Å². The number of aryl methyl sites for hydroxylation is 1. The quantitative estimate of drug-likeness (QED) is 0.760. The van der Waals surface area contributed by atoms with Crippen LogP contribution in [0, 0.1) is 13.8 Å². The maximum Gasteiger partial charge on any atom is 0.0644 e. The Balaban J connectivity index is 1.92. The predicted molar refractivity (Wildman–Crippen MR) is 90.7 cm³/mol. The van der Waals surface area contributed by atoms with Gasteiger partial charge in [-0.05, 0) is 44.5 Å². The van der Waals surface area contributed by atoms with E-state index in [1.165, 1.54) is 5.56 Å². The minimum Gasteiger partial charge on any atom is -0.394 e. The molecule has 4 nitrogen and oxygen atoms in total. The van der Waals surface area contributed by atoms with E-state index < -0.39 is 0 Å². The summed E-state index contributed by atoms with van der Waals surface area (Å²) in [7, 11) is 0. The van der Waals surface area contributed by atoms with Gasteiger partial charge in [0.15, 0.2) is 0 Å². The van der Waals surface area contributed by atoms with Crippen molar-refractivity contribution in [3.63, 3.8) is 0 Å². The Morgan fingerprint density at radius 2 is 1.86 bits per heavy atom. The molecule has 2 rings (SSSR count). The predicted octanol–water partition coefficient (Wildman–Crippen LogP) is 3.13. The number of halogens is 2. The summed E-state index contributed by atoms with van der Waals surface area (Å²) in [6.07, 6.45) is 0.779. The molecule has 0 aliphatic heterocycles. The highest BCUT2D eigenvalue weighted by Crippen LogP contribution is 2.24. The van der Waals surface area contributed by atoms with E-state index in [0.29, 0.717) is 16.6 Å². The number of aliphatic hydroxyl groups is 1. The van der Waals surface area contributed by atoms with Crippen molar-refractivity contribution in [1.82, 2.24) is 15.1 Å². The number of rotatable bonds is 7. The highest BCUT2D eigenvalue weighted by Gasteiger charge is 2.11. The molecular weight excluding hydrogens is 321 g/mol. The maximum atomic E-state index is 9.03. The van der Waals surface area contributed by atoms with E-state index >= 15 is 0 Å². The van der Waals surface area contributed by atoms with E-state index in [1.54, 1.807) is 0 Å². The molecule has 120 valence electrons. The van der Waals surface area contributed by atoms with Crippen molar-refractivity contribution in [1.29, 1.82) is 0 Å². The topological polar surface area (TPSA) is 50.1 Å². The zero-order valence-electron chi connectivity index (χ0n) is 12.9. The van der Waals surface area contributed by atoms with Crippen molar-refractivity contribution in [3.05, 3.63) is 50.8 Å². The normalized spacial score (nSPS) is 11.1. The first-order chi connectivity index (χ1) is 10.5. The molecule has 0 fully saturated rings. The van der Waals surface area contributed by atoms with Crippen LogP contribution < -0.4 is 5.32 Å². The highest BCUT2D eigenvalue weighted by atomic mass is 35.5. The van der Waals surface area contributed by atoms with Crippen LogP contribution >= 0.6 is 23.2 Å². The van der Waals surface area contributed by atoms with E-state index in [4.69, 9.17) is 28.3 Å². The average Bonchev–Trinajstić information content (AvgIpc) is 2.73. The standard InChI is InChI=1S/C16H21Cl2N3O/c1-11-14(12(2)21(20-11)8-9-22)10-19-7-6-13-15(17)4-3-5-16(13)18/h3-5,19,22H,6-10H2,1-2H3. The van der Waals surface area contributed by atoms with Crippen molar-refractivity contribution in [2.45, 2.75) is 33.4 Å². The number of aromatic nitrogens is 2. The first-order valence-corrected chi connectivity index (χ1v) is 8.07. The average molecular weight is 342 g/mol. The van der Waals surface area contributed by atoms with Gasteiger partial charge in [0.1, 0.15) is 0 Å². The summed E-state index contributed by atoms with van der Waals surface area (Å²) < 4.78 is 1.84. The van der Waals surface area contributed by atoms with Crippen LogP contribution in [0.4, 0.5) is 0 Å². The summed E-state index contributed by atoms with van der Waals surface area (Å²) in [5.41, 5.74) is 4.24. The molecule has 0 bridgehead atoms. The van der Waals surface area contributed by atoms with Gasteiger partial charge in [0.2, 0.25) is 0 Å². The van der Waals surface area contributed by atoms with Crippen LogP contribution in [0.2, 0.25) is 10.0 Å². The molecule has 0 unspecified atom stereocenters. The monoisotopic (exact) mass is 341 g/mol. The number of hydrogen-bond acceptors (Lipinski definition) is 3. The molecule has 1 heterocycles. The zero-order valence-corrected chi connectivity index (χ0v) is 14.4. The molecule has 1 aromatic carbocycles. The number of benzene rings is 1. The van der Waals surface area contributed by atoms with Crippen LogP contribution in [0.25, 0.3) is 0 Å². The van der Waals surface area contributed by atoms with Gasteiger partial charge in [-0.1, -0.05) is 29.3 Å². The number of nitrogens with one attached hydrogen (secondary N) is 1. The number of aliphatic hydroxyl groups excluding tert-OH is 1. The SMILES string of the molecule is Cc1nn(CCO)c(C)c1CNCCc1c(Cl)cccc1Cl. The molecule has 0 radical (unpaired) electrons. The van der Waals surface area contributed by atoms with Crippen LogP contribution in [0.5, 0.6) is 0 Å². The summed E-state index contributed by atoms with van der Waals surface area (Å²) in [6.45, 7) is 6.17. The fourth-order valence-electron chi connectivity index (χ4n) is 2.50. The number of nitrogens with zero attached hydrogens (tertiary/aromatic N) is 2. The molecule has 0 saturated carbocycles. The van der Waals surface area contributed by atoms with Crippen LogP contribution in [0.15, 0.2) is 18.2 Å². The third kappa shape index (κ3) is 4.02. The number of hydrogen-bond donors (Lipinski definition) is 2. The lowest BCUT2D eigenvalue weighted by Crippen LogP contribution is -2.18. The van der Waals surface area contributed by atoms with E-state index in [-0.39, 0.29) is 6.61 Å². The van der Waals surface area contributed by atoms with Crippen LogP contribution in [-0.2, 0) is 19.5 Å². The van der Waals surface area contributed by atoms with Crippen molar-refractivity contribution in [3.8, 4) is 0 Å². The first kappa shape index (κ1) is 17.3. The molecule has 1 aromatic heterocycles. The van der Waals surface area contributed by atoms with Gasteiger partial charge in [-0.3, -0.25) is 4.68 Å². The minimum absolute atomic E-state index is 0.0971. The molecule has 0 saturated heterocycles. The minimum atomic E-state index is 0.0971. The Labute approximate surface area is 141 Å². The Bertz CT molecular complexity index is 620. The Kier molecular flexibility index (Phi) is 6.26. The van der Waals surface area contributed by atoms with Gasteiger partial charge >= 0.3 is 0 Å². The molecule has 0 aliphatic rings. The van der Waals surface area contributed by atoms with Crippen molar-refractivity contribution in [2.24, 2.45) is 0 Å².